The minimum Gasteiger partial charge on any atom is -0.494 e. The second kappa shape index (κ2) is 9.80. The second-order valence-electron chi connectivity index (χ2n) is 8.80. The van der Waals surface area contributed by atoms with Crippen LogP contribution in [0.5, 0.6) is 17.4 Å². The lowest BCUT2D eigenvalue weighted by molar-refractivity contribution is -0.145. The van der Waals surface area contributed by atoms with Gasteiger partial charge in [0.25, 0.3) is 0 Å². The highest BCUT2D eigenvalue weighted by molar-refractivity contribution is 6.64. The molecule has 2 aromatic carbocycles. The topological polar surface area (TPSA) is 87.2 Å². The van der Waals surface area contributed by atoms with Crippen LogP contribution >= 0.6 is 0 Å². The van der Waals surface area contributed by atoms with Gasteiger partial charge in [0, 0.05) is 23.3 Å². The molecule has 1 atom stereocenters. The maximum atomic E-state index is 12.0. The Morgan fingerprint density at radius 1 is 1.03 bits per heavy atom. The summed E-state index contributed by atoms with van der Waals surface area (Å²) in [7, 11) is 0.588. The molecule has 0 amide bonds. The number of aryl methyl sites for hydroxylation is 1. The largest absolute Gasteiger partial charge is 0.636 e. The van der Waals surface area contributed by atoms with Gasteiger partial charge >= 0.3 is 19.1 Å². The molecule has 178 valence electrons. The van der Waals surface area contributed by atoms with Crippen LogP contribution in [0.2, 0.25) is 0 Å². The number of hydrogen-bond donors (Lipinski definition) is 0. The zero-order chi connectivity index (χ0) is 24.4. The van der Waals surface area contributed by atoms with E-state index in [1.54, 1.807) is 42.4 Å². The Balaban J connectivity index is 1.28. The molecule has 35 heavy (non-hydrogen) atoms. The van der Waals surface area contributed by atoms with E-state index in [1.165, 1.54) is 0 Å². The monoisotopic (exact) mass is 472 g/mol. The Kier molecular flexibility index (Phi) is 6.42. The summed E-state index contributed by atoms with van der Waals surface area (Å²) < 4.78 is 23.0. The molecule has 0 unspecified atom stereocenters. The van der Waals surface area contributed by atoms with Gasteiger partial charge in [-0.15, -0.1) is 0 Å². The minimum absolute atomic E-state index is 0.0273. The fourth-order valence-corrected chi connectivity index (χ4v) is 4.32. The van der Waals surface area contributed by atoms with Crippen LogP contribution < -0.4 is 14.9 Å². The van der Waals surface area contributed by atoms with E-state index in [1.807, 2.05) is 31.2 Å². The quantitative estimate of drug-likeness (QED) is 0.524. The highest BCUT2D eigenvalue weighted by Gasteiger charge is 2.34. The minimum atomic E-state index is -1.07. The Morgan fingerprint density at radius 2 is 1.77 bits per heavy atom. The molecule has 1 saturated heterocycles. The van der Waals surface area contributed by atoms with E-state index >= 15 is 0 Å². The van der Waals surface area contributed by atoms with Crippen LogP contribution in [0.25, 0.3) is 0 Å². The van der Waals surface area contributed by atoms with Gasteiger partial charge in [-0.05, 0) is 62.2 Å². The van der Waals surface area contributed by atoms with Crippen molar-refractivity contribution in [1.82, 2.24) is 9.88 Å². The first-order valence-corrected chi connectivity index (χ1v) is 11.5. The fourth-order valence-electron chi connectivity index (χ4n) is 4.32. The van der Waals surface area contributed by atoms with Gasteiger partial charge in [-0.25, -0.2) is 4.98 Å². The van der Waals surface area contributed by atoms with Gasteiger partial charge in [-0.3, -0.25) is 14.5 Å². The number of benzene rings is 2. The van der Waals surface area contributed by atoms with Crippen LogP contribution in [0.15, 0.2) is 60.8 Å². The molecule has 0 N–H and O–H groups in total. The molecule has 0 bridgehead atoms. The number of carbonyl (C=O) groups is 2. The Labute approximate surface area is 203 Å². The molecule has 1 aliphatic carbocycles. The first kappa shape index (κ1) is 22.9. The Hall–Kier alpha value is -3.85. The van der Waals surface area contributed by atoms with E-state index in [9.17, 15) is 9.59 Å². The molecule has 5 rings (SSSR count). The number of hydrogen-bond acceptors (Lipinski definition) is 8. The number of likely N-dealkylation sites (N-methyl/N-ethyl adjacent to an activating group) is 1. The van der Waals surface area contributed by atoms with Gasteiger partial charge in [0.15, 0.2) is 0 Å². The molecule has 2 heterocycles. The number of fused-ring (bicyclic) bond motifs is 1. The zero-order valence-corrected chi connectivity index (χ0v) is 19.6. The Bertz CT molecular complexity index is 1230. The molecule has 0 spiro atoms. The lowest BCUT2D eigenvalue weighted by atomic mass is 9.78. The summed E-state index contributed by atoms with van der Waals surface area (Å²) in [6, 6.07) is 16.9. The van der Waals surface area contributed by atoms with Crippen molar-refractivity contribution in [2.75, 3.05) is 20.1 Å². The van der Waals surface area contributed by atoms with E-state index in [0.29, 0.717) is 17.1 Å². The van der Waals surface area contributed by atoms with Gasteiger partial charge < -0.3 is 18.8 Å². The van der Waals surface area contributed by atoms with E-state index < -0.39 is 19.1 Å². The molecule has 0 saturated carbocycles. The van der Waals surface area contributed by atoms with Crippen LogP contribution in [0, 0.1) is 6.92 Å². The molecule has 2 aliphatic rings. The van der Waals surface area contributed by atoms with Crippen molar-refractivity contribution in [2.45, 2.75) is 25.9 Å². The van der Waals surface area contributed by atoms with Crippen molar-refractivity contribution in [3.05, 3.63) is 77.5 Å². The summed E-state index contributed by atoms with van der Waals surface area (Å²) in [6.07, 6.45) is 3.28. The Morgan fingerprint density at radius 3 is 2.49 bits per heavy atom. The van der Waals surface area contributed by atoms with Gasteiger partial charge in [0.05, 0.1) is 13.1 Å². The van der Waals surface area contributed by atoms with E-state index in [2.05, 4.69) is 11.1 Å². The van der Waals surface area contributed by atoms with Crippen LogP contribution in [0.1, 0.15) is 29.2 Å². The summed E-state index contributed by atoms with van der Waals surface area (Å²) in [5.41, 5.74) is 3.86. The normalized spacial score (nSPS) is 18.2. The predicted octanol–water partition coefficient (Wildman–Crippen LogP) is 2.98. The third kappa shape index (κ3) is 5.30. The summed E-state index contributed by atoms with van der Waals surface area (Å²) in [5, 5.41) is 0. The third-order valence-electron chi connectivity index (χ3n) is 5.98. The third-order valence-corrected chi connectivity index (χ3v) is 5.98. The molecule has 0 radical (unpaired) electrons. The molecular formula is C26H25BN2O6. The standard InChI is InChI=1S/C26H25BN2O6/c1-17-12-13-28-24(14-17)33-22-5-3-4-20-21(22)10-11-23(20)32-19-8-6-18(7-9-19)27-34-25(30)15-29(2)16-26(31)35-27/h3-9,12-14,23H,10-11,15-16H2,1-2H3/t23-/m1/s1. The summed E-state index contributed by atoms with van der Waals surface area (Å²) >= 11 is 0. The van der Waals surface area contributed by atoms with Crippen LogP contribution in [-0.4, -0.2) is 49.1 Å². The zero-order valence-electron chi connectivity index (χ0n) is 19.6. The molecule has 9 heteroatoms. The van der Waals surface area contributed by atoms with Gasteiger partial charge in [-0.2, -0.15) is 0 Å². The van der Waals surface area contributed by atoms with Gasteiger partial charge in [0.2, 0.25) is 5.88 Å². The molecular weight excluding hydrogens is 447 g/mol. The molecule has 3 aromatic rings. The summed E-state index contributed by atoms with van der Waals surface area (Å²) in [5.74, 6) is 1.13. The van der Waals surface area contributed by atoms with Crippen molar-refractivity contribution in [3.8, 4) is 17.4 Å². The average Bonchev–Trinajstić information content (AvgIpc) is 3.22. The lowest BCUT2D eigenvalue weighted by Gasteiger charge is -2.22. The maximum absolute atomic E-state index is 12.0. The smallest absolute Gasteiger partial charge is 0.494 e. The van der Waals surface area contributed by atoms with Gasteiger partial charge in [0.1, 0.15) is 17.6 Å². The van der Waals surface area contributed by atoms with Crippen molar-refractivity contribution in [3.63, 3.8) is 0 Å². The van der Waals surface area contributed by atoms with Crippen LogP contribution in [0.3, 0.4) is 0 Å². The van der Waals surface area contributed by atoms with Crippen LogP contribution in [-0.2, 0) is 25.3 Å². The molecule has 1 aromatic heterocycles. The van der Waals surface area contributed by atoms with E-state index in [0.717, 1.165) is 35.3 Å². The number of pyridine rings is 1. The second-order valence-corrected chi connectivity index (χ2v) is 8.80. The van der Waals surface area contributed by atoms with Crippen molar-refractivity contribution >= 4 is 24.5 Å². The van der Waals surface area contributed by atoms with Crippen molar-refractivity contribution in [2.24, 2.45) is 0 Å². The van der Waals surface area contributed by atoms with Crippen LogP contribution in [0.4, 0.5) is 0 Å². The molecule has 1 aliphatic heterocycles. The number of carbonyl (C=O) groups excluding carboxylic acids is 2. The van der Waals surface area contributed by atoms with Crippen molar-refractivity contribution in [1.29, 1.82) is 0 Å². The average molecular weight is 472 g/mol. The number of rotatable bonds is 5. The van der Waals surface area contributed by atoms with E-state index in [-0.39, 0.29) is 19.2 Å². The number of nitrogens with zero attached hydrogens (tertiary/aromatic N) is 2. The first-order valence-electron chi connectivity index (χ1n) is 11.5. The van der Waals surface area contributed by atoms with Crippen molar-refractivity contribution < 1.29 is 28.4 Å². The predicted molar refractivity (Wildman–Crippen MR) is 129 cm³/mol. The van der Waals surface area contributed by atoms with Gasteiger partial charge in [-0.1, -0.05) is 24.3 Å². The first-order chi connectivity index (χ1) is 16.9. The summed E-state index contributed by atoms with van der Waals surface area (Å²) in [6.45, 7) is 2.06. The molecule has 8 nitrogen and oxygen atoms in total. The highest BCUT2D eigenvalue weighted by atomic mass is 16.6. The lowest BCUT2D eigenvalue weighted by Crippen LogP contribution is -2.47. The maximum Gasteiger partial charge on any atom is 0.636 e. The summed E-state index contributed by atoms with van der Waals surface area (Å²) in [4.78, 5) is 29.9. The SMILES string of the molecule is Cc1ccnc(Oc2cccc3c2CC[C@H]3Oc2ccc(B3OC(=O)CN(C)CC(=O)O3)cc2)c1. The fraction of sp³-hybridized carbons (Fsp3) is 0.269. The highest BCUT2D eigenvalue weighted by Crippen LogP contribution is 2.40. The van der Waals surface area contributed by atoms with E-state index in [4.69, 9.17) is 18.8 Å². The molecule has 1 fully saturated rings. The number of aromatic nitrogens is 1. The number of ether oxygens (including phenoxy) is 2.